The summed E-state index contributed by atoms with van der Waals surface area (Å²) in [6.07, 6.45) is 0. The lowest BCUT2D eigenvalue weighted by molar-refractivity contribution is 0.588. The summed E-state index contributed by atoms with van der Waals surface area (Å²) >= 11 is 0. The number of anilines is 2. The molecule has 7 heteroatoms. The van der Waals surface area contributed by atoms with Gasteiger partial charge in [0.2, 0.25) is 10.0 Å². The molecule has 1 aromatic rings. The molecular weight excluding hydrogens is 240 g/mol. The lowest BCUT2D eigenvalue weighted by Gasteiger charge is -2.07. The van der Waals surface area contributed by atoms with Crippen LogP contribution in [0.2, 0.25) is 0 Å². The minimum absolute atomic E-state index is 0.0320. The van der Waals surface area contributed by atoms with Gasteiger partial charge < -0.3 is 11.1 Å². The molecule has 0 atom stereocenters. The van der Waals surface area contributed by atoms with Gasteiger partial charge in [-0.1, -0.05) is 0 Å². The number of sulfonamides is 1. The molecule has 6 nitrogen and oxygen atoms in total. The first-order valence-corrected chi connectivity index (χ1v) is 6.58. The van der Waals surface area contributed by atoms with E-state index in [0.717, 1.165) is 0 Å². The lowest BCUT2D eigenvalue weighted by Crippen LogP contribution is -2.26. The second-order valence-corrected chi connectivity index (χ2v) is 5.41. The minimum atomic E-state index is -3.22. The Labute approximate surface area is 100 Å². The van der Waals surface area contributed by atoms with Gasteiger partial charge >= 0.3 is 0 Å². The van der Waals surface area contributed by atoms with Crippen LogP contribution in [0, 0.1) is 11.3 Å². The van der Waals surface area contributed by atoms with Crippen LogP contribution in [0.25, 0.3) is 0 Å². The van der Waals surface area contributed by atoms with E-state index in [1.807, 2.05) is 6.07 Å². The molecule has 0 fully saturated rings. The van der Waals surface area contributed by atoms with E-state index in [9.17, 15) is 8.42 Å². The first-order valence-electron chi connectivity index (χ1n) is 4.93. The van der Waals surface area contributed by atoms with Crippen LogP contribution in [0.1, 0.15) is 5.56 Å². The number of benzene rings is 1. The summed E-state index contributed by atoms with van der Waals surface area (Å²) in [5, 5.41) is 11.7. The zero-order chi connectivity index (χ0) is 12.9. The van der Waals surface area contributed by atoms with Gasteiger partial charge in [-0.15, -0.1) is 0 Å². The summed E-state index contributed by atoms with van der Waals surface area (Å²) in [4.78, 5) is 0. The third-order valence-corrected chi connectivity index (χ3v) is 3.55. The van der Waals surface area contributed by atoms with E-state index in [0.29, 0.717) is 16.9 Å². The quantitative estimate of drug-likeness (QED) is 0.646. The molecule has 0 radical (unpaired) electrons. The van der Waals surface area contributed by atoms with Gasteiger partial charge in [-0.2, -0.15) is 5.26 Å². The van der Waals surface area contributed by atoms with Crippen LogP contribution in [-0.2, 0) is 10.0 Å². The molecule has 1 rings (SSSR count). The van der Waals surface area contributed by atoms with E-state index in [1.165, 1.54) is 7.05 Å². The standard InChI is InChI=1S/C10H14N4O2S/c1-13-17(15,16)5-4-14-9-2-3-10(12)8(6-9)7-11/h2-3,6,13-14H,4-5,12H2,1H3. The molecule has 92 valence electrons. The van der Waals surface area contributed by atoms with Crippen molar-refractivity contribution in [3.63, 3.8) is 0 Å². The van der Waals surface area contributed by atoms with Gasteiger partial charge in [0.15, 0.2) is 0 Å². The molecule has 0 amide bonds. The molecule has 0 bridgehead atoms. The summed E-state index contributed by atoms with van der Waals surface area (Å²) in [6.45, 7) is 0.262. The number of nitrogens with two attached hydrogens (primary N) is 1. The Morgan fingerprint density at radius 1 is 1.47 bits per heavy atom. The van der Waals surface area contributed by atoms with Crippen LogP contribution in [0.5, 0.6) is 0 Å². The van der Waals surface area contributed by atoms with Crippen molar-refractivity contribution in [2.75, 3.05) is 30.4 Å². The van der Waals surface area contributed by atoms with Crippen molar-refractivity contribution in [1.29, 1.82) is 5.26 Å². The van der Waals surface area contributed by atoms with Gasteiger partial charge in [-0.05, 0) is 25.2 Å². The Balaban J connectivity index is 2.63. The molecule has 0 heterocycles. The number of hydrogen-bond donors (Lipinski definition) is 3. The average molecular weight is 254 g/mol. The molecule has 0 aliphatic heterocycles. The van der Waals surface area contributed by atoms with Crippen LogP contribution in [-0.4, -0.2) is 27.8 Å². The molecular formula is C10H14N4O2S. The van der Waals surface area contributed by atoms with E-state index >= 15 is 0 Å². The first-order chi connectivity index (χ1) is 7.98. The highest BCUT2D eigenvalue weighted by Gasteiger charge is 2.06. The van der Waals surface area contributed by atoms with Crippen molar-refractivity contribution < 1.29 is 8.42 Å². The topological polar surface area (TPSA) is 108 Å². The highest BCUT2D eigenvalue weighted by molar-refractivity contribution is 7.89. The van der Waals surface area contributed by atoms with E-state index in [2.05, 4.69) is 10.0 Å². The molecule has 4 N–H and O–H groups in total. The van der Waals surface area contributed by atoms with E-state index in [-0.39, 0.29) is 12.3 Å². The predicted octanol–water partition coefficient (Wildman–Crippen LogP) is 0.102. The predicted molar refractivity (Wildman–Crippen MR) is 66.9 cm³/mol. The van der Waals surface area contributed by atoms with Crippen molar-refractivity contribution in [3.8, 4) is 6.07 Å². The van der Waals surface area contributed by atoms with Gasteiger partial charge in [-0.3, -0.25) is 0 Å². The van der Waals surface area contributed by atoms with Gasteiger partial charge in [0.1, 0.15) is 6.07 Å². The number of nitrogen functional groups attached to an aromatic ring is 1. The fraction of sp³-hybridized carbons (Fsp3) is 0.300. The molecule has 0 aliphatic rings. The Bertz CT molecular complexity index is 534. The monoisotopic (exact) mass is 254 g/mol. The van der Waals surface area contributed by atoms with E-state index in [1.54, 1.807) is 18.2 Å². The number of nitriles is 1. The molecule has 0 saturated heterocycles. The number of rotatable bonds is 5. The zero-order valence-corrected chi connectivity index (χ0v) is 10.2. The molecule has 17 heavy (non-hydrogen) atoms. The fourth-order valence-electron chi connectivity index (χ4n) is 1.19. The lowest BCUT2D eigenvalue weighted by atomic mass is 10.2. The van der Waals surface area contributed by atoms with Crippen molar-refractivity contribution in [2.45, 2.75) is 0 Å². The Kier molecular flexibility index (Phi) is 4.31. The Morgan fingerprint density at radius 3 is 2.76 bits per heavy atom. The second kappa shape index (κ2) is 5.52. The van der Waals surface area contributed by atoms with Crippen LogP contribution in [0.3, 0.4) is 0 Å². The molecule has 0 aromatic heterocycles. The van der Waals surface area contributed by atoms with Gasteiger partial charge in [0.25, 0.3) is 0 Å². The third kappa shape index (κ3) is 3.94. The van der Waals surface area contributed by atoms with Crippen LogP contribution < -0.4 is 15.8 Å². The maximum absolute atomic E-state index is 11.1. The average Bonchev–Trinajstić information content (AvgIpc) is 2.31. The SMILES string of the molecule is CNS(=O)(=O)CCNc1ccc(N)c(C#N)c1. The summed E-state index contributed by atoms with van der Waals surface area (Å²) < 4.78 is 24.5. The number of hydrogen-bond acceptors (Lipinski definition) is 5. The van der Waals surface area contributed by atoms with E-state index < -0.39 is 10.0 Å². The smallest absolute Gasteiger partial charge is 0.213 e. The molecule has 0 saturated carbocycles. The number of nitrogens with zero attached hydrogens (tertiary/aromatic N) is 1. The summed E-state index contributed by atoms with van der Waals surface area (Å²) in [7, 11) is -1.85. The molecule has 0 aliphatic carbocycles. The van der Waals surface area contributed by atoms with Crippen molar-refractivity contribution in [1.82, 2.24) is 4.72 Å². The molecule has 1 aromatic carbocycles. The summed E-state index contributed by atoms with van der Waals surface area (Å²) in [6, 6.07) is 6.84. The van der Waals surface area contributed by atoms with Crippen LogP contribution in [0.4, 0.5) is 11.4 Å². The van der Waals surface area contributed by atoms with Crippen LogP contribution >= 0.6 is 0 Å². The summed E-state index contributed by atoms with van der Waals surface area (Å²) in [5.74, 6) is -0.0320. The first kappa shape index (κ1) is 13.3. The fourth-order valence-corrected chi connectivity index (χ4v) is 1.77. The van der Waals surface area contributed by atoms with Gasteiger partial charge in [-0.25, -0.2) is 13.1 Å². The van der Waals surface area contributed by atoms with Gasteiger partial charge in [0.05, 0.1) is 11.3 Å². The van der Waals surface area contributed by atoms with Gasteiger partial charge in [0, 0.05) is 17.9 Å². The minimum Gasteiger partial charge on any atom is -0.398 e. The Hall–Kier alpha value is -1.78. The normalized spacial score (nSPS) is 10.8. The van der Waals surface area contributed by atoms with Crippen LogP contribution in [0.15, 0.2) is 18.2 Å². The largest absolute Gasteiger partial charge is 0.398 e. The maximum Gasteiger partial charge on any atom is 0.213 e. The zero-order valence-electron chi connectivity index (χ0n) is 9.40. The van der Waals surface area contributed by atoms with Crippen molar-refractivity contribution in [2.24, 2.45) is 0 Å². The third-order valence-electron chi connectivity index (χ3n) is 2.18. The highest BCUT2D eigenvalue weighted by atomic mass is 32.2. The molecule has 0 spiro atoms. The molecule has 0 unspecified atom stereocenters. The van der Waals surface area contributed by atoms with Crippen molar-refractivity contribution >= 4 is 21.4 Å². The second-order valence-electron chi connectivity index (χ2n) is 3.36. The maximum atomic E-state index is 11.1. The number of nitrogens with one attached hydrogen (secondary N) is 2. The van der Waals surface area contributed by atoms with Crippen molar-refractivity contribution in [3.05, 3.63) is 23.8 Å². The highest BCUT2D eigenvalue weighted by Crippen LogP contribution is 2.16. The van der Waals surface area contributed by atoms with E-state index in [4.69, 9.17) is 11.0 Å². The summed E-state index contributed by atoms with van der Waals surface area (Å²) in [5.41, 5.74) is 7.00. The Morgan fingerprint density at radius 2 is 2.18 bits per heavy atom.